The van der Waals surface area contributed by atoms with Crippen LogP contribution in [-0.4, -0.2) is 65.5 Å². The Morgan fingerprint density at radius 3 is 2.49 bits per heavy atom. The first kappa shape index (κ1) is 27.6. The van der Waals surface area contributed by atoms with Gasteiger partial charge in [-0.05, 0) is 68.1 Å². The first-order chi connectivity index (χ1) is 18.8. The molecule has 2 saturated heterocycles. The van der Waals surface area contributed by atoms with Gasteiger partial charge in [0.1, 0.15) is 11.9 Å². The van der Waals surface area contributed by atoms with Gasteiger partial charge in [-0.1, -0.05) is 28.1 Å². The van der Waals surface area contributed by atoms with Crippen molar-refractivity contribution in [2.24, 2.45) is 0 Å². The lowest BCUT2D eigenvalue weighted by atomic mass is 10.1. The van der Waals surface area contributed by atoms with Crippen molar-refractivity contribution in [3.05, 3.63) is 70.6 Å². The smallest absolute Gasteiger partial charge is 0.243 e. The largest absolute Gasteiger partial charge is 0.394 e. The minimum absolute atomic E-state index is 0.00200. The van der Waals surface area contributed by atoms with E-state index in [2.05, 4.69) is 21.2 Å². The number of amides is 1. The van der Waals surface area contributed by atoms with Crippen LogP contribution in [0.4, 0.5) is 10.3 Å². The summed E-state index contributed by atoms with van der Waals surface area (Å²) in [5, 5.41) is 12.7. The van der Waals surface area contributed by atoms with Gasteiger partial charge in [0.25, 0.3) is 0 Å². The summed E-state index contributed by atoms with van der Waals surface area (Å²) in [4.78, 5) is 24.6. The molecule has 3 heterocycles. The molecule has 0 aliphatic carbocycles. The molecule has 2 atom stereocenters. The van der Waals surface area contributed by atoms with Gasteiger partial charge in [-0.3, -0.25) is 4.79 Å². The van der Waals surface area contributed by atoms with Crippen LogP contribution < -0.4 is 10.2 Å². The number of sulfonamides is 1. The second-order valence-electron chi connectivity index (χ2n) is 9.67. The van der Waals surface area contributed by atoms with E-state index in [0.29, 0.717) is 30.2 Å². The highest BCUT2D eigenvalue weighted by atomic mass is 79.9. The first-order valence-electron chi connectivity index (χ1n) is 12.8. The molecule has 2 aromatic carbocycles. The van der Waals surface area contributed by atoms with E-state index < -0.39 is 27.8 Å². The van der Waals surface area contributed by atoms with Crippen molar-refractivity contribution in [2.45, 2.75) is 49.2 Å². The van der Waals surface area contributed by atoms with E-state index in [4.69, 9.17) is 9.97 Å². The summed E-state index contributed by atoms with van der Waals surface area (Å²) in [5.74, 6) is -0.467. The maximum atomic E-state index is 13.3. The van der Waals surface area contributed by atoms with Crippen molar-refractivity contribution in [3.63, 3.8) is 0 Å². The molecule has 12 heteroatoms. The third-order valence-corrected chi connectivity index (χ3v) is 9.57. The molecule has 2 N–H and O–H groups in total. The lowest BCUT2D eigenvalue weighted by Crippen LogP contribution is -2.45. The van der Waals surface area contributed by atoms with Gasteiger partial charge < -0.3 is 15.3 Å². The van der Waals surface area contributed by atoms with Gasteiger partial charge in [-0.25, -0.2) is 22.8 Å². The number of carbonyl (C=O) groups excluding carboxylic acids is 1. The zero-order valence-corrected chi connectivity index (χ0v) is 23.5. The number of benzene rings is 2. The number of nitrogens with one attached hydrogen (secondary N) is 1. The van der Waals surface area contributed by atoms with E-state index in [1.807, 2.05) is 29.2 Å². The van der Waals surface area contributed by atoms with Crippen LogP contribution in [0.2, 0.25) is 0 Å². The fourth-order valence-corrected chi connectivity index (χ4v) is 7.01. The standard InChI is InChI=1S/C27H29BrFN5O4S/c28-19-7-5-18(6-8-19)24-15-21(31-27(32-24)33-13-1-3-22(33)17-35)16-30-26(36)25-4-2-14-34(25)39(37,38)23-11-9-20(29)10-12-23/h5-12,15,22,25,35H,1-4,13-14,16-17H2,(H,30,36). The van der Waals surface area contributed by atoms with Crippen LogP contribution in [0.15, 0.2) is 64.0 Å². The van der Waals surface area contributed by atoms with Gasteiger partial charge in [0.15, 0.2) is 0 Å². The number of aromatic nitrogens is 2. The third-order valence-electron chi connectivity index (χ3n) is 7.12. The van der Waals surface area contributed by atoms with Crippen molar-refractivity contribution in [2.75, 3.05) is 24.6 Å². The van der Waals surface area contributed by atoms with Crippen molar-refractivity contribution in [1.82, 2.24) is 19.6 Å². The zero-order valence-electron chi connectivity index (χ0n) is 21.1. The fraction of sp³-hybridized carbons (Fsp3) is 0.370. The van der Waals surface area contributed by atoms with Gasteiger partial charge in [-0.2, -0.15) is 4.31 Å². The Kier molecular flexibility index (Phi) is 8.27. The molecule has 0 radical (unpaired) electrons. The first-order valence-corrected chi connectivity index (χ1v) is 15.1. The molecule has 9 nitrogen and oxygen atoms in total. The van der Waals surface area contributed by atoms with Gasteiger partial charge in [0, 0.05) is 23.1 Å². The Morgan fingerprint density at radius 2 is 1.77 bits per heavy atom. The summed E-state index contributed by atoms with van der Waals surface area (Å²) < 4.78 is 41.8. The second-order valence-corrected chi connectivity index (χ2v) is 12.5. The minimum Gasteiger partial charge on any atom is -0.394 e. The van der Waals surface area contributed by atoms with Gasteiger partial charge in [0.2, 0.25) is 21.9 Å². The van der Waals surface area contributed by atoms with Crippen molar-refractivity contribution in [1.29, 1.82) is 0 Å². The molecular formula is C27H29BrFN5O4S. The molecule has 0 bridgehead atoms. The highest BCUT2D eigenvalue weighted by Gasteiger charge is 2.39. The van der Waals surface area contributed by atoms with Crippen LogP contribution in [0.3, 0.4) is 0 Å². The predicted octanol–water partition coefficient (Wildman–Crippen LogP) is 3.48. The average Bonchev–Trinajstić information content (AvgIpc) is 3.63. The summed E-state index contributed by atoms with van der Waals surface area (Å²) in [7, 11) is -3.96. The SMILES string of the molecule is O=C(NCc1cc(-c2ccc(Br)cc2)nc(N2CCCC2CO)n1)C1CCCN1S(=O)(=O)c1ccc(F)cc1. The van der Waals surface area contributed by atoms with E-state index >= 15 is 0 Å². The normalized spacial score (nSPS) is 19.9. The van der Waals surface area contributed by atoms with Crippen LogP contribution in [0.5, 0.6) is 0 Å². The molecule has 206 valence electrons. The van der Waals surface area contributed by atoms with E-state index in [9.17, 15) is 22.7 Å². The average molecular weight is 619 g/mol. The molecule has 5 rings (SSSR count). The molecule has 2 unspecified atom stereocenters. The van der Waals surface area contributed by atoms with E-state index in [1.54, 1.807) is 6.07 Å². The summed E-state index contributed by atoms with van der Waals surface area (Å²) in [6, 6.07) is 13.2. The second kappa shape index (κ2) is 11.7. The Bertz CT molecular complexity index is 1440. The molecule has 1 aromatic heterocycles. The fourth-order valence-electron chi connectivity index (χ4n) is 5.09. The Balaban J connectivity index is 1.37. The van der Waals surface area contributed by atoms with Crippen molar-refractivity contribution < 1.29 is 22.7 Å². The molecule has 1 amide bonds. The molecule has 39 heavy (non-hydrogen) atoms. The molecule has 0 saturated carbocycles. The highest BCUT2D eigenvalue weighted by molar-refractivity contribution is 9.10. The minimum atomic E-state index is -3.96. The maximum absolute atomic E-state index is 13.3. The van der Waals surface area contributed by atoms with Crippen LogP contribution in [-0.2, 0) is 21.4 Å². The number of rotatable bonds is 8. The molecule has 0 spiro atoms. The molecule has 2 aliphatic rings. The van der Waals surface area contributed by atoms with Crippen LogP contribution in [0.1, 0.15) is 31.4 Å². The lowest BCUT2D eigenvalue weighted by molar-refractivity contribution is -0.124. The number of carbonyl (C=O) groups is 1. The molecule has 2 fully saturated rings. The summed E-state index contributed by atoms with van der Waals surface area (Å²) in [6.45, 7) is 1.01. The quantitative estimate of drug-likeness (QED) is 0.397. The number of aliphatic hydroxyl groups is 1. The van der Waals surface area contributed by atoms with E-state index in [-0.39, 0.29) is 30.6 Å². The Labute approximate surface area is 235 Å². The Morgan fingerprint density at radius 1 is 1.05 bits per heavy atom. The zero-order chi connectivity index (χ0) is 27.6. The summed E-state index contributed by atoms with van der Waals surface area (Å²) in [5.41, 5.74) is 2.13. The number of anilines is 1. The van der Waals surface area contributed by atoms with E-state index in [1.165, 1.54) is 16.4 Å². The lowest BCUT2D eigenvalue weighted by Gasteiger charge is -2.25. The van der Waals surface area contributed by atoms with Gasteiger partial charge >= 0.3 is 0 Å². The topological polar surface area (TPSA) is 116 Å². The third kappa shape index (κ3) is 5.98. The van der Waals surface area contributed by atoms with Gasteiger partial charge in [0.05, 0.1) is 35.5 Å². The molecule has 3 aromatic rings. The Hall–Kier alpha value is -2.93. The van der Waals surface area contributed by atoms with Gasteiger partial charge in [-0.15, -0.1) is 0 Å². The monoisotopic (exact) mass is 617 g/mol. The van der Waals surface area contributed by atoms with Crippen LogP contribution in [0, 0.1) is 5.82 Å². The summed E-state index contributed by atoms with van der Waals surface area (Å²) >= 11 is 3.45. The number of halogens is 2. The van der Waals surface area contributed by atoms with E-state index in [0.717, 1.165) is 41.6 Å². The van der Waals surface area contributed by atoms with Crippen LogP contribution in [0.25, 0.3) is 11.3 Å². The maximum Gasteiger partial charge on any atom is 0.243 e. The number of hydrogen-bond acceptors (Lipinski definition) is 7. The number of nitrogens with zero attached hydrogens (tertiary/aromatic N) is 4. The van der Waals surface area contributed by atoms with Crippen LogP contribution >= 0.6 is 15.9 Å². The number of hydrogen-bond donors (Lipinski definition) is 2. The molecular weight excluding hydrogens is 589 g/mol. The highest BCUT2D eigenvalue weighted by Crippen LogP contribution is 2.28. The van der Waals surface area contributed by atoms with Crippen molar-refractivity contribution in [3.8, 4) is 11.3 Å². The predicted molar refractivity (Wildman–Crippen MR) is 148 cm³/mol. The van der Waals surface area contributed by atoms with Crippen molar-refractivity contribution >= 4 is 37.8 Å². The summed E-state index contributed by atoms with van der Waals surface area (Å²) in [6.07, 6.45) is 2.69. The number of aliphatic hydroxyl groups excluding tert-OH is 1. The molecule has 2 aliphatic heterocycles.